The van der Waals surface area contributed by atoms with Gasteiger partial charge in [0.2, 0.25) is 10.0 Å². The summed E-state index contributed by atoms with van der Waals surface area (Å²) in [5, 5.41) is 0. The van der Waals surface area contributed by atoms with Crippen LogP contribution in [0.5, 0.6) is 0 Å². The predicted molar refractivity (Wildman–Crippen MR) is 81.4 cm³/mol. The summed E-state index contributed by atoms with van der Waals surface area (Å²) in [5.74, 6) is -0.594. The van der Waals surface area contributed by atoms with Crippen molar-refractivity contribution in [1.29, 1.82) is 0 Å². The van der Waals surface area contributed by atoms with Gasteiger partial charge in [0, 0.05) is 26.0 Å². The Bertz CT molecular complexity index is 589. The number of rotatable bonds is 6. The molecule has 118 valence electrons. The van der Waals surface area contributed by atoms with Gasteiger partial charge in [-0.2, -0.15) is 4.31 Å². The van der Waals surface area contributed by atoms with E-state index in [1.807, 2.05) is 0 Å². The van der Waals surface area contributed by atoms with Crippen molar-refractivity contribution in [3.8, 4) is 0 Å². The number of likely N-dealkylation sites (tertiary alicyclic amines) is 1. The summed E-state index contributed by atoms with van der Waals surface area (Å²) in [4.78, 5) is 1.93. The van der Waals surface area contributed by atoms with E-state index in [2.05, 4.69) is 4.90 Å². The minimum atomic E-state index is -3.80. The number of halogens is 2. The lowest BCUT2D eigenvalue weighted by Crippen LogP contribution is -2.35. The van der Waals surface area contributed by atoms with E-state index in [9.17, 15) is 12.8 Å². The van der Waals surface area contributed by atoms with Crippen molar-refractivity contribution < 1.29 is 12.8 Å². The molecular formula is C14H20ClFN2O2S. The Hall–Kier alpha value is -0.690. The summed E-state index contributed by atoms with van der Waals surface area (Å²) < 4.78 is 40.0. The maximum Gasteiger partial charge on any atom is 0.245 e. The standard InChI is InChI=1S/C14H20ClFN2O2S/c1-17(8-9-18-6-2-3-7-18)21(19,20)14-5-4-12(11-15)10-13(14)16/h4-5,10H,2-3,6-9,11H2,1H3. The molecule has 0 saturated carbocycles. The Morgan fingerprint density at radius 3 is 2.57 bits per heavy atom. The van der Waals surface area contributed by atoms with E-state index >= 15 is 0 Å². The number of nitrogens with zero attached hydrogens (tertiary/aromatic N) is 2. The molecule has 0 aromatic heterocycles. The van der Waals surface area contributed by atoms with E-state index in [1.54, 1.807) is 0 Å². The van der Waals surface area contributed by atoms with Gasteiger partial charge in [-0.15, -0.1) is 11.6 Å². The monoisotopic (exact) mass is 334 g/mol. The second-order valence-electron chi connectivity index (χ2n) is 5.27. The fourth-order valence-corrected chi connectivity index (χ4v) is 3.78. The quantitative estimate of drug-likeness (QED) is 0.749. The molecule has 1 saturated heterocycles. The first-order valence-electron chi connectivity index (χ1n) is 6.98. The highest BCUT2D eigenvalue weighted by molar-refractivity contribution is 7.89. The van der Waals surface area contributed by atoms with Crippen LogP contribution < -0.4 is 0 Å². The molecule has 1 fully saturated rings. The van der Waals surface area contributed by atoms with Crippen LogP contribution in [0.4, 0.5) is 4.39 Å². The lowest BCUT2D eigenvalue weighted by Gasteiger charge is -2.21. The van der Waals surface area contributed by atoms with Crippen LogP contribution in [-0.2, 0) is 15.9 Å². The summed E-state index contributed by atoms with van der Waals surface area (Å²) >= 11 is 5.62. The molecule has 1 heterocycles. The van der Waals surface area contributed by atoms with Crippen LogP contribution in [0.2, 0.25) is 0 Å². The molecule has 0 radical (unpaired) electrons. The average Bonchev–Trinajstić information content (AvgIpc) is 2.97. The van der Waals surface area contributed by atoms with Gasteiger partial charge in [0.25, 0.3) is 0 Å². The van der Waals surface area contributed by atoms with Crippen LogP contribution >= 0.6 is 11.6 Å². The lowest BCUT2D eigenvalue weighted by atomic mass is 10.2. The summed E-state index contributed by atoms with van der Waals surface area (Å²) in [7, 11) is -2.31. The van der Waals surface area contributed by atoms with Gasteiger partial charge in [-0.1, -0.05) is 6.07 Å². The van der Waals surface area contributed by atoms with Crippen LogP contribution in [0, 0.1) is 5.82 Å². The molecule has 0 N–H and O–H groups in total. The maximum atomic E-state index is 14.0. The van der Waals surface area contributed by atoms with Crippen LogP contribution in [0.25, 0.3) is 0 Å². The van der Waals surface area contributed by atoms with E-state index in [1.165, 1.54) is 29.6 Å². The second-order valence-corrected chi connectivity index (χ2v) is 7.55. The van der Waals surface area contributed by atoms with Gasteiger partial charge in [0.15, 0.2) is 0 Å². The van der Waals surface area contributed by atoms with Crippen LogP contribution in [0.3, 0.4) is 0 Å². The first-order chi connectivity index (χ1) is 9.95. The largest absolute Gasteiger partial charge is 0.302 e. The fourth-order valence-electron chi connectivity index (χ4n) is 2.41. The van der Waals surface area contributed by atoms with E-state index in [-0.39, 0.29) is 10.8 Å². The molecule has 2 rings (SSSR count). The van der Waals surface area contributed by atoms with Crippen molar-refractivity contribution in [1.82, 2.24) is 9.21 Å². The van der Waals surface area contributed by atoms with Gasteiger partial charge in [-0.25, -0.2) is 12.8 Å². The Morgan fingerprint density at radius 1 is 1.33 bits per heavy atom. The Morgan fingerprint density at radius 2 is 2.00 bits per heavy atom. The smallest absolute Gasteiger partial charge is 0.245 e. The van der Waals surface area contributed by atoms with Crippen molar-refractivity contribution in [3.63, 3.8) is 0 Å². The summed E-state index contributed by atoms with van der Waals surface area (Å²) in [6, 6.07) is 4.00. The van der Waals surface area contributed by atoms with Gasteiger partial charge < -0.3 is 4.90 Å². The van der Waals surface area contributed by atoms with Crippen molar-refractivity contribution in [2.45, 2.75) is 23.6 Å². The highest BCUT2D eigenvalue weighted by Gasteiger charge is 2.25. The van der Waals surface area contributed by atoms with Crippen LogP contribution in [0.1, 0.15) is 18.4 Å². The molecule has 0 unspecified atom stereocenters. The van der Waals surface area contributed by atoms with E-state index < -0.39 is 15.8 Å². The summed E-state index contributed by atoms with van der Waals surface area (Å²) in [5.41, 5.74) is 0.563. The first-order valence-corrected chi connectivity index (χ1v) is 8.95. The zero-order chi connectivity index (χ0) is 15.5. The molecule has 1 aliphatic rings. The topological polar surface area (TPSA) is 40.6 Å². The fraction of sp³-hybridized carbons (Fsp3) is 0.571. The zero-order valence-electron chi connectivity index (χ0n) is 12.1. The van der Waals surface area contributed by atoms with Gasteiger partial charge in [0.05, 0.1) is 0 Å². The van der Waals surface area contributed by atoms with Crippen LogP contribution in [-0.4, -0.2) is 50.8 Å². The molecule has 21 heavy (non-hydrogen) atoms. The third-order valence-corrected chi connectivity index (χ3v) is 5.97. The molecule has 0 amide bonds. The molecule has 0 aliphatic carbocycles. The number of hydrogen-bond acceptors (Lipinski definition) is 3. The number of likely N-dealkylation sites (N-methyl/N-ethyl adjacent to an activating group) is 1. The molecule has 1 aromatic rings. The average molecular weight is 335 g/mol. The van der Waals surface area contributed by atoms with Crippen molar-refractivity contribution in [2.75, 3.05) is 33.2 Å². The van der Waals surface area contributed by atoms with E-state index in [0.717, 1.165) is 25.9 Å². The highest BCUT2D eigenvalue weighted by Crippen LogP contribution is 2.20. The summed E-state index contributed by atoms with van der Waals surface area (Å²) in [6.07, 6.45) is 2.32. The Balaban J connectivity index is 2.09. The first kappa shape index (κ1) is 16.7. The number of alkyl halides is 1. The summed E-state index contributed by atoms with van der Waals surface area (Å²) in [6.45, 7) is 3.05. The van der Waals surface area contributed by atoms with Crippen LogP contribution in [0.15, 0.2) is 23.1 Å². The second kappa shape index (κ2) is 7.05. The third-order valence-electron chi connectivity index (χ3n) is 3.77. The number of benzene rings is 1. The third kappa shape index (κ3) is 3.94. The predicted octanol–water partition coefficient (Wildman–Crippen LogP) is 2.28. The molecule has 7 heteroatoms. The Labute approximate surface area is 130 Å². The number of sulfonamides is 1. The number of hydrogen-bond donors (Lipinski definition) is 0. The van der Waals surface area contributed by atoms with E-state index in [4.69, 9.17) is 11.6 Å². The molecule has 0 atom stereocenters. The minimum Gasteiger partial charge on any atom is -0.302 e. The molecule has 4 nitrogen and oxygen atoms in total. The van der Waals surface area contributed by atoms with E-state index in [0.29, 0.717) is 18.7 Å². The zero-order valence-corrected chi connectivity index (χ0v) is 13.6. The molecule has 0 spiro atoms. The van der Waals surface area contributed by atoms with Crippen molar-refractivity contribution >= 4 is 21.6 Å². The molecule has 0 bridgehead atoms. The molecular weight excluding hydrogens is 315 g/mol. The molecule has 1 aromatic carbocycles. The highest BCUT2D eigenvalue weighted by atomic mass is 35.5. The van der Waals surface area contributed by atoms with Gasteiger partial charge in [-0.05, 0) is 43.6 Å². The minimum absolute atomic E-state index is 0.155. The normalized spacial score (nSPS) is 16.8. The Kier molecular flexibility index (Phi) is 5.60. The van der Waals surface area contributed by atoms with Gasteiger partial charge in [-0.3, -0.25) is 0 Å². The molecule has 1 aliphatic heterocycles. The van der Waals surface area contributed by atoms with Gasteiger partial charge >= 0.3 is 0 Å². The lowest BCUT2D eigenvalue weighted by molar-refractivity contribution is 0.309. The van der Waals surface area contributed by atoms with Crippen molar-refractivity contribution in [2.24, 2.45) is 0 Å². The van der Waals surface area contributed by atoms with Gasteiger partial charge in [0.1, 0.15) is 10.7 Å². The maximum absolute atomic E-state index is 14.0. The van der Waals surface area contributed by atoms with Crippen molar-refractivity contribution in [3.05, 3.63) is 29.6 Å². The SMILES string of the molecule is CN(CCN1CCCC1)S(=O)(=O)c1ccc(CCl)cc1F.